The average molecular weight is 227 g/mol. The second kappa shape index (κ2) is 5.04. The minimum Gasteiger partial charge on any atom is -0.409 e. The summed E-state index contributed by atoms with van der Waals surface area (Å²) in [4.78, 5) is 0. The van der Waals surface area contributed by atoms with Crippen LogP contribution in [0, 0.1) is 5.41 Å². The van der Waals surface area contributed by atoms with Crippen LogP contribution in [0.5, 0.6) is 0 Å². The molecule has 0 saturated heterocycles. The minimum atomic E-state index is -0.239. The predicted octanol–water partition coefficient (Wildman–Crippen LogP) is 2.07. The maximum Gasteiger partial charge on any atom is 0.144 e. The Balaban J connectivity index is 2.35. The van der Waals surface area contributed by atoms with E-state index in [9.17, 15) is 0 Å². The van der Waals surface area contributed by atoms with Gasteiger partial charge >= 0.3 is 0 Å². The summed E-state index contributed by atoms with van der Waals surface area (Å²) in [7, 11) is 0. The lowest BCUT2D eigenvalue weighted by Crippen LogP contribution is -2.43. The van der Waals surface area contributed by atoms with Crippen molar-refractivity contribution in [2.24, 2.45) is 16.3 Å². The standard InChI is InChI=1S/C12H25N3O/c1-11(2,10(13)15-16)8-9-14-12(3)6-4-5-7-12/h14,16H,4-9H2,1-3H3,(H2,13,15). The van der Waals surface area contributed by atoms with Crippen molar-refractivity contribution in [2.75, 3.05) is 6.54 Å². The number of hydrogen-bond acceptors (Lipinski definition) is 3. The average Bonchev–Trinajstić information content (AvgIpc) is 2.63. The quantitative estimate of drug-likeness (QED) is 0.291. The van der Waals surface area contributed by atoms with E-state index in [-0.39, 0.29) is 5.41 Å². The first-order valence-corrected chi connectivity index (χ1v) is 6.13. The van der Waals surface area contributed by atoms with Crippen molar-refractivity contribution in [3.63, 3.8) is 0 Å². The summed E-state index contributed by atoms with van der Waals surface area (Å²) in [5.41, 5.74) is 5.72. The molecule has 1 fully saturated rings. The van der Waals surface area contributed by atoms with Gasteiger partial charge in [0.25, 0.3) is 0 Å². The molecule has 0 heterocycles. The first-order valence-electron chi connectivity index (χ1n) is 6.13. The van der Waals surface area contributed by atoms with Gasteiger partial charge in [0.15, 0.2) is 0 Å². The molecule has 0 atom stereocenters. The number of nitrogens with two attached hydrogens (primary N) is 1. The van der Waals surface area contributed by atoms with E-state index in [1.54, 1.807) is 0 Å². The van der Waals surface area contributed by atoms with Crippen LogP contribution in [0.1, 0.15) is 52.9 Å². The molecular formula is C12H25N3O. The fraction of sp³-hybridized carbons (Fsp3) is 0.917. The van der Waals surface area contributed by atoms with Crippen LogP contribution in [0.3, 0.4) is 0 Å². The lowest BCUT2D eigenvalue weighted by molar-refractivity contribution is 0.299. The molecule has 16 heavy (non-hydrogen) atoms. The highest BCUT2D eigenvalue weighted by Gasteiger charge is 2.29. The van der Waals surface area contributed by atoms with Crippen LogP contribution in [-0.2, 0) is 0 Å². The second-order valence-corrected chi connectivity index (χ2v) is 5.81. The van der Waals surface area contributed by atoms with E-state index in [0.29, 0.717) is 11.4 Å². The molecular weight excluding hydrogens is 202 g/mol. The number of amidine groups is 1. The van der Waals surface area contributed by atoms with Gasteiger partial charge in [0.1, 0.15) is 5.84 Å². The summed E-state index contributed by atoms with van der Waals surface area (Å²) >= 11 is 0. The van der Waals surface area contributed by atoms with Gasteiger partial charge in [-0.15, -0.1) is 0 Å². The van der Waals surface area contributed by atoms with Crippen molar-refractivity contribution in [1.82, 2.24) is 5.32 Å². The van der Waals surface area contributed by atoms with Crippen molar-refractivity contribution in [3.8, 4) is 0 Å². The molecule has 0 radical (unpaired) electrons. The zero-order valence-corrected chi connectivity index (χ0v) is 10.7. The molecule has 4 heteroatoms. The van der Waals surface area contributed by atoms with E-state index < -0.39 is 0 Å². The van der Waals surface area contributed by atoms with Gasteiger partial charge in [-0.3, -0.25) is 0 Å². The fourth-order valence-corrected chi connectivity index (χ4v) is 2.27. The molecule has 0 spiro atoms. The smallest absolute Gasteiger partial charge is 0.144 e. The van der Waals surface area contributed by atoms with Crippen molar-refractivity contribution in [1.29, 1.82) is 0 Å². The monoisotopic (exact) mass is 227 g/mol. The Kier molecular flexibility index (Phi) is 4.19. The van der Waals surface area contributed by atoms with Crippen LogP contribution < -0.4 is 11.1 Å². The third kappa shape index (κ3) is 3.37. The second-order valence-electron chi connectivity index (χ2n) is 5.81. The molecule has 0 aromatic rings. The Labute approximate surface area is 98.3 Å². The van der Waals surface area contributed by atoms with Gasteiger partial charge in [-0.25, -0.2) is 0 Å². The van der Waals surface area contributed by atoms with Gasteiger partial charge in [0.05, 0.1) is 0 Å². The van der Waals surface area contributed by atoms with Gasteiger partial charge in [-0.1, -0.05) is 31.8 Å². The zero-order chi connectivity index (χ0) is 12.2. The zero-order valence-electron chi connectivity index (χ0n) is 10.7. The summed E-state index contributed by atoms with van der Waals surface area (Å²) in [5, 5.41) is 15.4. The van der Waals surface area contributed by atoms with Crippen molar-refractivity contribution in [3.05, 3.63) is 0 Å². The molecule has 4 nitrogen and oxygen atoms in total. The molecule has 0 amide bonds. The van der Waals surface area contributed by atoms with Gasteiger partial charge < -0.3 is 16.3 Å². The molecule has 0 aliphatic heterocycles. The summed E-state index contributed by atoms with van der Waals surface area (Å²) in [6.07, 6.45) is 6.06. The van der Waals surface area contributed by atoms with E-state index in [1.807, 2.05) is 13.8 Å². The van der Waals surface area contributed by atoms with Crippen LogP contribution in [0.15, 0.2) is 5.16 Å². The van der Waals surface area contributed by atoms with Crippen LogP contribution in [0.2, 0.25) is 0 Å². The highest BCUT2D eigenvalue weighted by atomic mass is 16.4. The van der Waals surface area contributed by atoms with E-state index in [2.05, 4.69) is 17.4 Å². The van der Waals surface area contributed by atoms with E-state index in [1.165, 1.54) is 25.7 Å². The van der Waals surface area contributed by atoms with Crippen LogP contribution in [-0.4, -0.2) is 23.1 Å². The number of hydrogen-bond donors (Lipinski definition) is 3. The molecule has 0 unspecified atom stereocenters. The third-order valence-electron chi connectivity index (χ3n) is 3.81. The Morgan fingerprint density at radius 2 is 2.00 bits per heavy atom. The van der Waals surface area contributed by atoms with Crippen molar-refractivity contribution < 1.29 is 5.21 Å². The summed E-state index contributed by atoms with van der Waals surface area (Å²) in [6, 6.07) is 0. The Morgan fingerprint density at radius 3 is 2.50 bits per heavy atom. The third-order valence-corrected chi connectivity index (χ3v) is 3.81. The summed E-state index contributed by atoms with van der Waals surface area (Å²) in [5.74, 6) is 0.311. The minimum absolute atomic E-state index is 0.239. The highest BCUT2D eigenvalue weighted by Crippen LogP contribution is 2.29. The predicted molar refractivity (Wildman–Crippen MR) is 66.7 cm³/mol. The SMILES string of the molecule is CC1(NCCC(C)(C)C(N)=NO)CCCC1. The van der Waals surface area contributed by atoms with Crippen LogP contribution >= 0.6 is 0 Å². The lowest BCUT2D eigenvalue weighted by atomic mass is 9.87. The number of oxime groups is 1. The lowest BCUT2D eigenvalue weighted by Gasteiger charge is -2.29. The largest absolute Gasteiger partial charge is 0.409 e. The number of rotatable bonds is 5. The van der Waals surface area contributed by atoms with E-state index in [0.717, 1.165) is 13.0 Å². The van der Waals surface area contributed by atoms with Crippen LogP contribution in [0.25, 0.3) is 0 Å². The van der Waals surface area contributed by atoms with E-state index in [4.69, 9.17) is 10.9 Å². The van der Waals surface area contributed by atoms with Gasteiger partial charge in [0, 0.05) is 11.0 Å². The molecule has 1 aliphatic carbocycles. The highest BCUT2D eigenvalue weighted by molar-refractivity contribution is 5.85. The molecule has 0 bridgehead atoms. The number of nitrogens with one attached hydrogen (secondary N) is 1. The Bertz CT molecular complexity index is 255. The molecule has 1 aliphatic rings. The molecule has 4 N–H and O–H groups in total. The van der Waals surface area contributed by atoms with Gasteiger partial charge in [-0.2, -0.15) is 0 Å². The molecule has 1 rings (SSSR count). The maximum atomic E-state index is 8.67. The van der Waals surface area contributed by atoms with Gasteiger partial charge in [-0.05, 0) is 32.7 Å². The fourth-order valence-electron chi connectivity index (χ4n) is 2.27. The first-order chi connectivity index (χ1) is 7.40. The summed E-state index contributed by atoms with van der Waals surface area (Å²) in [6.45, 7) is 7.21. The van der Waals surface area contributed by atoms with E-state index >= 15 is 0 Å². The van der Waals surface area contributed by atoms with Crippen molar-refractivity contribution >= 4 is 5.84 Å². The molecule has 0 aromatic carbocycles. The summed E-state index contributed by atoms with van der Waals surface area (Å²) < 4.78 is 0. The molecule has 94 valence electrons. The van der Waals surface area contributed by atoms with Gasteiger partial charge in [0.2, 0.25) is 0 Å². The molecule has 1 saturated carbocycles. The maximum absolute atomic E-state index is 8.67. The van der Waals surface area contributed by atoms with Crippen molar-refractivity contribution in [2.45, 2.75) is 58.4 Å². The Morgan fingerprint density at radius 1 is 1.44 bits per heavy atom. The normalized spacial score (nSPS) is 21.3. The Hall–Kier alpha value is -0.770. The number of nitrogens with zero attached hydrogens (tertiary/aromatic N) is 1. The topological polar surface area (TPSA) is 70.6 Å². The first kappa shape index (κ1) is 13.3. The van der Waals surface area contributed by atoms with Crippen LogP contribution in [0.4, 0.5) is 0 Å². The molecule has 0 aromatic heterocycles.